The van der Waals surface area contributed by atoms with E-state index < -0.39 is 11.6 Å². The molecule has 2 N–H and O–H groups in total. The van der Waals surface area contributed by atoms with E-state index in [0.717, 1.165) is 6.07 Å². The number of nitrogens with one attached hydrogen (secondary N) is 2. The average Bonchev–Trinajstić information content (AvgIpc) is 2.31. The van der Waals surface area contributed by atoms with Gasteiger partial charge in [0, 0.05) is 6.04 Å². The van der Waals surface area contributed by atoms with Crippen LogP contribution in [0.3, 0.4) is 0 Å². The maximum Gasteiger partial charge on any atom is 0.239 e. The number of hydrogen-bond acceptors (Lipinski definition) is 2. The summed E-state index contributed by atoms with van der Waals surface area (Å²) in [5, 5.41) is 5.34. The van der Waals surface area contributed by atoms with Crippen LogP contribution in [0.2, 0.25) is 0 Å². The van der Waals surface area contributed by atoms with Crippen LogP contribution >= 0.6 is 0 Å². The fourth-order valence-electron chi connectivity index (χ4n) is 1.29. The first-order chi connectivity index (χ1) is 8.41. The van der Waals surface area contributed by atoms with Crippen molar-refractivity contribution >= 4 is 11.6 Å². The lowest BCUT2D eigenvalue weighted by atomic mass is 10.1. The topological polar surface area (TPSA) is 41.1 Å². The van der Waals surface area contributed by atoms with Gasteiger partial charge < -0.3 is 10.6 Å². The molecule has 0 heterocycles. The lowest BCUT2D eigenvalue weighted by Crippen LogP contribution is -2.39. The standard InChI is InChI=1S/C13H18F2N2O/c1-8(2)9(3)17-12(18)7-16-11-6-4-5-10(14)13(11)15/h4-6,8-9,16H,7H2,1-3H3,(H,17,18). The largest absolute Gasteiger partial charge is 0.374 e. The number of carbonyl (C=O) groups excluding carboxylic acids is 1. The summed E-state index contributed by atoms with van der Waals surface area (Å²) in [6.07, 6.45) is 0. The zero-order valence-corrected chi connectivity index (χ0v) is 10.8. The van der Waals surface area contributed by atoms with E-state index in [1.165, 1.54) is 12.1 Å². The molecule has 0 bridgehead atoms. The molecule has 1 unspecified atom stereocenters. The first-order valence-electron chi connectivity index (χ1n) is 5.89. The van der Waals surface area contributed by atoms with E-state index in [2.05, 4.69) is 10.6 Å². The summed E-state index contributed by atoms with van der Waals surface area (Å²) in [5.74, 6) is -1.84. The van der Waals surface area contributed by atoms with Crippen molar-refractivity contribution in [3.8, 4) is 0 Å². The molecule has 0 radical (unpaired) electrons. The molecule has 0 saturated heterocycles. The molecule has 1 aromatic carbocycles. The summed E-state index contributed by atoms with van der Waals surface area (Å²) in [7, 11) is 0. The molecule has 1 atom stereocenters. The molecule has 100 valence electrons. The minimum atomic E-state index is -0.970. The Morgan fingerprint density at radius 3 is 2.56 bits per heavy atom. The monoisotopic (exact) mass is 256 g/mol. The Balaban J connectivity index is 2.50. The zero-order valence-electron chi connectivity index (χ0n) is 10.8. The molecule has 3 nitrogen and oxygen atoms in total. The predicted octanol–water partition coefficient (Wildman–Crippen LogP) is 2.54. The Kier molecular flexibility index (Phi) is 5.07. The maximum atomic E-state index is 13.3. The first kappa shape index (κ1) is 14.4. The quantitative estimate of drug-likeness (QED) is 0.850. The summed E-state index contributed by atoms with van der Waals surface area (Å²) >= 11 is 0. The first-order valence-corrected chi connectivity index (χ1v) is 5.89. The van der Waals surface area contributed by atoms with Gasteiger partial charge in [-0.3, -0.25) is 4.79 Å². The number of rotatable bonds is 5. The smallest absolute Gasteiger partial charge is 0.239 e. The third kappa shape index (κ3) is 3.98. The van der Waals surface area contributed by atoms with Gasteiger partial charge in [0.25, 0.3) is 0 Å². The van der Waals surface area contributed by atoms with Crippen molar-refractivity contribution in [1.29, 1.82) is 0 Å². The molecule has 0 saturated carbocycles. The number of hydrogen-bond donors (Lipinski definition) is 2. The molecule has 1 amide bonds. The highest BCUT2D eigenvalue weighted by molar-refractivity contribution is 5.80. The second-order valence-electron chi connectivity index (χ2n) is 4.56. The Hall–Kier alpha value is -1.65. The van der Waals surface area contributed by atoms with E-state index in [0.29, 0.717) is 5.92 Å². The van der Waals surface area contributed by atoms with E-state index in [1.807, 2.05) is 20.8 Å². The maximum absolute atomic E-state index is 13.3. The lowest BCUT2D eigenvalue weighted by molar-refractivity contribution is -0.120. The summed E-state index contributed by atoms with van der Waals surface area (Å²) in [4.78, 5) is 11.5. The molecule has 0 fully saturated rings. The van der Waals surface area contributed by atoms with Crippen LogP contribution in [0.15, 0.2) is 18.2 Å². The molecule has 0 aliphatic heterocycles. The minimum absolute atomic E-state index is 0.0117. The van der Waals surface area contributed by atoms with Crippen molar-refractivity contribution in [3.63, 3.8) is 0 Å². The Morgan fingerprint density at radius 2 is 1.94 bits per heavy atom. The molecule has 0 aromatic heterocycles. The Morgan fingerprint density at radius 1 is 1.28 bits per heavy atom. The zero-order chi connectivity index (χ0) is 13.7. The van der Waals surface area contributed by atoms with Gasteiger partial charge in [-0.25, -0.2) is 8.78 Å². The molecule has 1 aromatic rings. The average molecular weight is 256 g/mol. The minimum Gasteiger partial charge on any atom is -0.374 e. The van der Waals surface area contributed by atoms with Crippen LogP contribution in [0, 0.1) is 17.6 Å². The van der Waals surface area contributed by atoms with Crippen LogP contribution in [0.4, 0.5) is 14.5 Å². The van der Waals surface area contributed by atoms with Crippen LogP contribution < -0.4 is 10.6 Å². The molecule has 0 aliphatic rings. The van der Waals surface area contributed by atoms with E-state index >= 15 is 0 Å². The van der Waals surface area contributed by atoms with E-state index in [1.54, 1.807) is 0 Å². The van der Waals surface area contributed by atoms with Crippen molar-refractivity contribution in [2.45, 2.75) is 26.8 Å². The van der Waals surface area contributed by atoms with Gasteiger partial charge in [0.15, 0.2) is 11.6 Å². The summed E-state index contributed by atoms with van der Waals surface area (Å²) in [5.41, 5.74) is -0.0117. The molecule has 0 spiro atoms. The van der Waals surface area contributed by atoms with Gasteiger partial charge in [-0.2, -0.15) is 0 Å². The number of carbonyl (C=O) groups is 1. The van der Waals surface area contributed by atoms with Gasteiger partial charge in [0.1, 0.15) is 0 Å². The van der Waals surface area contributed by atoms with Crippen LogP contribution in [-0.4, -0.2) is 18.5 Å². The van der Waals surface area contributed by atoms with E-state index in [-0.39, 0.29) is 24.2 Å². The number of benzene rings is 1. The fourth-order valence-corrected chi connectivity index (χ4v) is 1.29. The molecule has 5 heteroatoms. The Bertz CT molecular complexity index is 421. The van der Waals surface area contributed by atoms with Crippen molar-refractivity contribution < 1.29 is 13.6 Å². The number of anilines is 1. The third-order valence-electron chi connectivity index (χ3n) is 2.78. The van der Waals surface area contributed by atoms with Crippen LogP contribution in [0.1, 0.15) is 20.8 Å². The highest BCUT2D eigenvalue weighted by Crippen LogP contribution is 2.15. The van der Waals surface area contributed by atoms with Gasteiger partial charge in [0.05, 0.1) is 12.2 Å². The van der Waals surface area contributed by atoms with Crippen LogP contribution in [0.25, 0.3) is 0 Å². The van der Waals surface area contributed by atoms with Gasteiger partial charge in [-0.1, -0.05) is 19.9 Å². The molecular weight excluding hydrogens is 238 g/mol. The predicted molar refractivity (Wildman–Crippen MR) is 67.3 cm³/mol. The second-order valence-corrected chi connectivity index (χ2v) is 4.56. The number of amides is 1. The van der Waals surface area contributed by atoms with E-state index in [9.17, 15) is 13.6 Å². The molecule has 0 aliphatic carbocycles. The van der Waals surface area contributed by atoms with E-state index in [4.69, 9.17) is 0 Å². The molecule has 1 rings (SSSR count). The summed E-state index contributed by atoms with van der Waals surface area (Å²) in [6.45, 7) is 5.79. The summed E-state index contributed by atoms with van der Waals surface area (Å²) < 4.78 is 26.2. The van der Waals surface area contributed by atoms with Gasteiger partial charge in [-0.05, 0) is 25.0 Å². The van der Waals surface area contributed by atoms with Crippen LogP contribution in [-0.2, 0) is 4.79 Å². The molecule has 18 heavy (non-hydrogen) atoms. The number of halogens is 2. The van der Waals surface area contributed by atoms with Gasteiger partial charge in [0.2, 0.25) is 5.91 Å². The van der Waals surface area contributed by atoms with Crippen molar-refractivity contribution in [2.75, 3.05) is 11.9 Å². The summed E-state index contributed by atoms with van der Waals surface area (Å²) in [6, 6.07) is 3.84. The normalized spacial score (nSPS) is 12.3. The lowest BCUT2D eigenvalue weighted by Gasteiger charge is -2.17. The van der Waals surface area contributed by atoms with Gasteiger partial charge >= 0.3 is 0 Å². The van der Waals surface area contributed by atoms with Crippen LogP contribution in [0.5, 0.6) is 0 Å². The fraction of sp³-hybridized carbons (Fsp3) is 0.462. The molecular formula is C13H18F2N2O. The SMILES string of the molecule is CC(C)C(C)NC(=O)CNc1cccc(F)c1F. The second kappa shape index (κ2) is 6.33. The highest BCUT2D eigenvalue weighted by atomic mass is 19.2. The Labute approximate surface area is 106 Å². The van der Waals surface area contributed by atoms with Crippen molar-refractivity contribution in [1.82, 2.24) is 5.32 Å². The van der Waals surface area contributed by atoms with Crippen molar-refractivity contribution in [3.05, 3.63) is 29.8 Å². The third-order valence-corrected chi connectivity index (χ3v) is 2.78. The highest BCUT2D eigenvalue weighted by Gasteiger charge is 2.12. The van der Waals surface area contributed by atoms with Crippen molar-refractivity contribution in [2.24, 2.45) is 5.92 Å². The van der Waals surface area contributed by atoms with Gasteiger partial charge in [-0.15, -0.1) is 0 Å².